The molecule has 0 aliphatic heterocycles. The van der Waals surface area contributed by atoms with Crippen LogP contribution < -0.4 is 0 Å². The SMILES string of the molecule is CC(C)C(=O)C1CCC1C(C)C. The summed E-state index contributed by atoms with van der Waals surface area (Å²) in [4.78, 5) is 11.6. The van der Waals surface area contributed by atoms with Crippen LogP contribution in [0.25, 0.3) is 0 Å². The summed E-state index contributed by atoms with van der Waals surface area (Å²) in [5, 5.41) is 0. The van der Waals surface area contributed by atoms with Crippen molar-refractivity contribution < 1.29 is 4.79 Å². The van der Waals surface area contributed by atoms with Gasteiger partial charge in [0.1, 0.15) is 5.78 Å². The first kappa shape index (κ1) is 9.76. The van der Waals surface area contributed by atoms with Gasteiger partial charge in [-0.1, -0.05) is 27.7 Å². The van der Waals surface area contributed by atoms with E-state index in [1.807, 2.05) is 13.8 Å². The zero-order valence-electron chi connectivity index (χ0n) is 8.63. The molecule has 0 aromatic carbocycles. The van der Waals surface area contributed by atoms with Crippen LogP contribution in [0.15, 0.2) is 0 Å². The Morgan fingerprint density at radius 3 is 2.00 bits per heavy atom. The maximum Gasteiger partial charge on any atom is 0.138 e. The zero-order chi connectivity index (χ0) is 9.30. The maximum absolute atomic E-state index is 11.6. The molecule has 0 spiro atoms. The first-order valence-electron chi connectivity index (χ1n) is 5.07. The Bertz CT molecular complexity index is 170. The van der Waals surface area contributed by atoms with Gasteiger partial charge in [0, 0.05) is 11.8 Å². The average Bonchev–Trinajstić information content (AvgIpc) is 1.82. The second kappa shape index (κ2) is 3.59. The molecule has 1 saturated carbocycles. The van der Waals surface area contributed by atoms with Gasteiger partial charge in [0.2, 0.25) is 0 Å². The summed E-state index contributed by atoms with van der Waals surface area (Å²) in [6.07, 6.45) is 2.40. The van der Waals surface area contributed by atoms with Gasteiger partial charge in [-0.25, -0.2) is 0 Å². The van der Waals surface area contributed by atoms with Crippen molar-refractivity contribution in [2.24, 2.45) is 23.7 Å². The minimum absolute atomic E-state index is 0.233. The van der Waals surface area contributed by atoms with Gasteiger partial charge >= 0.3 is 0 Å². The zero-order valence-corrected chi connectivity index (χ0v) is 8.63. The Kier molecular flexibility index (Phi) is 2.92. The molecule has 0 amide bonds. The van der Waals surface area contributed by atoms with Gasteiger partial charge in [-0.3, -0.25) is 4.79 Å². The second-order valence-corrected chi connectivity index (χ2v) is 4.65. The Balaban J connectivity index is 2.49. The van der Waals surface area contributed by atoms with E-state index in [1.165, 1.54) is 6.42 Å². The molecule has 1 heteroatoms. The number of hydrogen-bond donors (Lipinski definition) is 0. The van der Waals surface area contributed by atoms with Gasteiger partial charge < -0.3 is 0 Å². The lowest BCUT2D eigenvalue weighted by atomic mass is 9.65. The fourth-order valence-electron chi connectivity index (χ4n) is 2.11. The van der Waals surface area contributed by atoms with Gasteiger partial charge in [0.15, 0.2) is 0 Å². The highest BCUT2D eigenvalue weighted by molar-refractivity contribution is 5.83. The van der Waals surface area contributed by atoms with Crippen molar-refractivity contribution in [2.75, 3.05) is 0 Å². The molecule has 2 unspecified atom stereocenters. The van der Waals surface area contributed by atoms with Crippen LogP contribution >= 0.6 is 0 Å². The van der Waals surface area contributed by atoms with Gasteiger partial charge in [-0.05, 0) is 24.7 Å². The van der Waals surface area contributed by atoms with Crippen LogP contribution in [-0.4, -0.2) is 5.78 Å². The lowest BCUT2D eigenvalue weighted by Crippen LogP contribution is -2.38. The van der Waals surface area contributed by atoms with Crippen LogP contribution in [0.5, 0.6) is 0 Å². The molecule has 70 valence electrons. The van der Waals surface area contributed by atoms with E-state index in [4.69, 9.17) is 0 Å². The van der Waals surface area contributed by atoms with Crippen molar-refractivity contribution in [3.05, 3.63) is 0 Å². The molecule has 12 heavy (non-hydrogen) atoms. The Morgan fingerprint density at radius 1 is 1.17 bits per heavy atom. The van der Waals surface area contributed by atoms with Crippen LogP contribution in [0, 0.1) is 23.7 Å². The molecule has 2 atom stereocenters. The first-order valence-corrected chi connectivity index (χ1v) is 5.07. The van der Waals surface area contributed by atoms with E-state index >= 15 is 0 Å². The number of Topliss-reactive ketones (excluding diaryl/α,β-unsaturated/α-hetero) is 1. The molecule has 0 N–H and O–H groups in total. The monoisotopic (exact) mass is 168 g/mol. The predicted octanol–water partition coefficient (Wildman–Crippen LogP) is 2.89. The summed E-state index contributed by atoms with van der Waals surface area (Å²) in [5.74, 6) is 2.48. The Morgan fingerprint density at radius 2 is 1.75 bits per heavy atom. The van der Waals surface area contributed by atoms with Gasteiger partial charge in [0.05, 0.1) is 0 Å². The van der Waals surface area contributed by atoms with Crippen LogP contribution in [-0.2, 0) is 4.79 Å². The van der Waals surface area contributed by atoms with E-state index in [0.717, 1.165) is 6.42 Å². The molecule has 1 aliphatic carbocycles. The second-order valence-electron chi connectivity index (χ2n) is 4.65. The highest BCUT2D eigenvalue weighted by Crippen LogP contribution is 2.41. The van der Waals surface area contributed by atoms with Crippen molar-refractivity contribution >= 4 is 5.78 Å². The molecule has 0 aromatic rings. The van der Waals surface area contributed by atoms with Gasteiger partial charge in [0.25, 0.3) is 0 Å². The summed E-state index contributed by atoms with van der Waals surface area (Å²) < 4.78 is 0. The minimum Gasteiger partial charge on any atom is -0.299 e. The van der Waals surface area contributed by atoms with Crippen molar-refractivity contribution in [3.63, 3.8) is 0 Å². The van der Waals surface area contributed by atoms with E-state index in [0.29, 0.717) is 23.5 Å². The molecule has 1 aliphatic rings. The molecule has 1 nitrogen and oxygen atoms in total. The van der Waals surface area contributed by atoms with Crippen LogP contribution in [0.3, 0.4) is 0 Å². The Labute approximate surface area is 75.5 Å². The number of carbonyl (C=O) groups is 1. The maximum atomic E-state index is 11.6. The summed E-state index contributed by atoms with van der Waals surface area (Å²) in [6.45, 7) is 8.48. The summed E-state index contributed by atoms with van der Waals surface area (Å²) in [7, 11) is 0. The Hall–Kier alpha value is -0.330. The standard InChI is InChI=1S/C11H20O/c1-7(2)9-5-6-10(9)11(12)8(3)4/h7-10H,5-6H2,1-4H3. The molecule has 1 rings (SSSR count). The van der Waals surface area contributed by atoms with E-state index in [1.54, 1.807) is 0 Å². The molecule has 0 saturated heterocycles. The lowest BCUT2D eigenvalue weighted by molar-refractivity contribution is -0.132. The summed E-state index contributed by atoms with van der Waals surface area (Å²) in [6, 6.07) is 0. The molecule has 1 fully saturated rings. The number of ketones is 1. The van der Waals surface area contributed by atoms with Gasteiger partial charge in [-0.2, -0.15) is 0 Å². The molecule has 0 bridgehead atoms. The third kappa shape index (κ3) is 1.70. The van der Waals surface area contributed by atoms with E-state index in [2.05, 4.69) is 13.8 Å². The van der Waals surface area contributed by atoms with Crippen LogP contribution in [0.4, 0.5) is 0 Å². The third-order valence-electron chi connectivity index (χ3n) is 3.12. The van der Waals surface area contributed by atoms with E-state index in [-0.39, 0.29) is 5.92 Å². The van der Waals surface area contributed by atoms with Crippen molar-refractivity contribution in [3.8, 4) is 0 Å². The van der Waals surface area contributed by atoms with Crippen LogP contribution in [0.2, 0.25) is 0 Å². The molecule has 0 heterocycles. The summed E-state index contributed by atoms with van der Waals surface area (Å²) >= 11 is 0. The van der Waals surface area contributed by atoms with E-state index in [9.17, 15) is 4.79 Å². The normalized spacial score (nSPS) is 29.2. The number of rotatable bonds is 3. The number of carbonyl (C=O) groups excluding carboxylic acids is 1. The first-order chi connectivity index (χ1) is 5.54. The topological polar surface area (TPSA) is 17.1 Å². The quantitative estimate of drug-likeness (QED) is 0.633. The molecular formula is C11H20O. The van der Waals surface area contributed by atoms with E-state index < -0.39 is 0 Å². The third-order valence-corrected chi connectivity index (χ3v) is 3.12. The van der Waals surface area contributed by atoms with Crippen molar-refractivity contribution in [1.29, 1.82) is 0 Å². The minimum atomic E-state index is 0.233. The lowest BCUT2D eigenvalue weighted by Gasteiger charge is -2.39. The average molecular weight is 168 g/mol. The molecule has 0 radical (unpaired) electrons. The fraction of sp³-hybridized carbons (Fsp3) is 0.909. The van der Waals surface area contributed by atoms with Crippen molar-refractivity contribution in [1.82, 2.24) is 0 Å². The fourth-order valence-corrected chi connectivity index (χ4v) is 2.11. The molecule has 0 aromatic heterocycles. The highest BCUT2D eigenvalue weighted by Gasteiger charge is 2.38. The van der Waals surface area contributed by atoms with Gasteiger partial charge in [-0.15, -0.1) is 0 Å². The number of hydrogen-bond acceptors (Lipinski definition) is 1. The predicted molar refractivity (Wildman–Crippen MR) is 50.9 cm³/mol. The highest BCUT2D eigenvalue weighted by atomic mass is 16.1. The summed E-state index contributed by atoms with van der Waals surface area (Å²) in [5.41, 5.74) is 0. The molecular weight excluding hydrogens is 148 g/mol. The smallest absolute Gasteiger partial charge is 0.138 e. The van der Waals surface area contributed by atoms with Crippen LogP contribution in [0.1, 0.15) is 40.5 Å². The largest absolute Gasteiger partial charge is 0.299 e. The van der Waals surface area contributed by atoms with Crippen molar-refractivity contribution in [2.45, 2.75) is 40.5 Å².